The normalized spacial score (nSPS) is 14.6. The van der Waals surface area contributed by atoms with Crippen LogP contribution in [-0.4, -0.2) is 64.5 Å². The van der Waals surface area contributed by atoms with Crippen molar-refractivity contribution >= 4 is 62.9 Å². The molecule has 15 heteroatoms. The molecular formula is C32H35ClN10O3S. The summed E-state index contributed by atoms with van der Waals surface area (Å²) in [7, 11) is 1.54. The third-order valence-electron chi connectivity index (χ3n) is 7.55. The van der Waals surface area contributed by atoms with E-state index in [1.54, 1.807) is 29.3 Å². The zero-order valence-electron chi connectivity index (χ0n) is 26.1. The number of piperazine rings is 1. The fourth-order valence-electron chi connectivity index (χ4n) is 5.14. The minimum Gasteiger partial charge on any atom is -0.493 e. The number of aryl methyl sites for hydroxylation is 1. The Morgan fingerprint density at radius 1 is 1.21 bits per heavy atom. The molecule has 1 unspecified atom stereocenters. The molecule has 0 aliphatic carbocycles. The summed E-state index contributed by atoms with van der Waals surface area (Å²) in [6, 6.07) is 10.8. The van der Waals surface area contributed by atoms with Gasteiger partial charge >= 0.3 is 0 Å². The predicted molar refractivity (Wildman–Crippen MR) is 187 cm³/mol. The number of carbonyl (C=O) groups excluding carboxylic acids is 2. The molecule has 1 fully saturated rings. The number of pyridine rings is 2. The first-order valence-corrected chi connectivity index (χ1v) is 15.8. The van der Waals surface area contributed by atoms with E-state index in [-0.39, 0.29) is 17.9 Å². The van der Waals surface area contributed by atoms with Gasteiger partial charge in [-0.2, -0.15) is 0 Å². The predicted octanol–water partition coefficient (Wildman–Crippen LogP) is 4.90. The summed E-state index contributed by atoms with van der Waals surface area (Å²) in [5.41, 5.74) is 8.92. The van der Waals surface area contributed by atoms with Crippen molar-refractivity contribution in [3.05, 3.63) is 89.3 Å². The number of methoxy groups -OCH3 is 1. The van der Waals surface area contributed by atoms with Crippen molar-refractivity contribution in [1.82, 2.24) is 19.9 Å². The maximum absolute atomic E-state index is 13.0. The molecule has 1 aromatic carbocycles. The Morgan fingerprint density at radius 3 is 2.72 bits per heavy atom. The first kappa shape index (κ1) is 33.2. The summed E-state index contributed by atoms with van der Waals surface area (Å²) in [5, 5.41) is 8.32. The number of benzene rings is 1. The number of halogens is 1. The molecule has 244 valence electrons. The fraction of sp³-hybridized carbons (Fsp3) is 0.219. The van der Waals surface area contributed by atoms with Gasteiger partial charge in [0.1, 0.15) is 10.6 Å². The van der Waals surface area contributed by atoms with Gasteiger partial charge in [0.15, 0.2) is 22.5 Å². The Labute approximate surface area is 281 Å². The molecule has 0 spiro atoms. The van der Waals surface area contributed by atoms with E-state index in [4.69, 9.17) is 37.9 Å². The van der Waals surface area contributed by atoms with E-state index in [0.717, 1.165) is 16.9 Å². The lowest BCUT2D eigenvalue weighted by atomic mass is 10.1. The van der Waals surface area contributed by atoms with Crippen molar-refractivity contribution in [3.63, 3.8) is 0 Å². The number of hydrogen-bond acceptors (Lipinski definition) is 12. The van der Waals surface area contributed by atoms with Gasteiger partial charge in [-0.1, -0.05) is 41.6 Å². The molecule has 0 radical (unpaired) electrons. The Bertz CT molecular complexity index is 1810. The third kappa shape index (κ3) is 7.30. The van der Waals surface area contributed by atoms with Crippen LogP contribution in [0.15, 0.2) is 73.8 Å². The van der Waals surface area contributed by atoms with E-state index < -0.39 is 0 Å². The molecule has 0 saturated carbocycles. The van der Waals surface area contributed by atoms with E-state index in [0.29, 0.717) is 74.7 Å². The minimum atomic E-state index is -0.333. The van der Waals surface area contributed by atoms with Gasteiger partial charge in [-0.25, -0.2) is 20.8 Å². The summed E-state index contributed by atoms with van der Waals surface area (Å²) in [6.07, 6.45) is 7.39. The summed E-state index contributed by atoms with van der Waals surface area (Å²) in [4.78, 5) is 43.4. The van der Waals surface area contributed by atoms with Gasteiger partial charge in [0.05, 0.1) is 29.7 Å². The molecule has 1 aliphatic heterocycles. The standard InChI is InChI=1S/C32H35ClN10O3S/c1-5-27(44)41-13-14-42(20(3)18-41)30-24(43(35)12-11-34)15-21(16-36-30)23-9-10-25(46-4)29(38-23)40-32-37-17-26(47-32)31(45)39-28-19(2)7-6-8-22(28)33/h5-12,15-17,20H,1,13-14,18,34-35H2,2-4H3,(H,39,45)(H,37,38,40)/b12-11-. The smallest absolute Gasteiger partial charge is 0.267 e. The van der Waals surface area contributed by atoms with Gasteiger partial charge in [-0.15, -0.1) is 0 Å². The molecule has 4 heterocycles. The van der Waals surface area contributed by atoms with Gasteiger partial charge in [0.2, 0.25) is 5.91 Å². The topological polar surface area (TPSA) is 168 Å². The van der Waals surface area contributed by atoms with Crippen molar-refractivity contribution in [3.8, 4) is 17.0 Å². The Morgan fingerprint density at radius 2 is 2.02 bits per heavy atom. The average Bonchev–Trinajstić information content (AvgIpc) is 3.54. The van der Waals surface area contributed by atoms with Crippen LogP contribution in [0.4, 0.5) is 28.1 Å². The van der Waals surface area contributed by atoms with E-state index in [2.05, 4.69) is 27.1 Å². The summed E-state index contributed by atoms with van der Waals surface area (Å²) >= 11 is 7.44. The highest BCUT2D eigenvalue weighted by molar-refractivity contribution is 7.17. The van der Waals surface area contributed by atoms with Crippen molar-refractivity contribution in [1.29, 1.82) is 0 Å². The minimum absolute atomic E-state index is 0.0334. The van der Waals surface area contributed by atoms with Crippen LogP contribution in [-0.2, 0) is 4.79 Å². The first-order chi connectivity index (χ1) is 22.6. The van der Waals surface area contributed by atoms with E-state index >= 15 is 0 Å². The molecule has 0 bridgehead atoms. The van der Waals surface area contributed by atoms with Gasteiger partial charge in [-0.05, 0) is 49.8 Å². The molecule has 2 amide bonds. The number of amides is 2. The number of carbonyl (C=O) groups is 2. The summed E-state index contributed by atoms with van der Waals surface area (Å²) < 4.78 is 5.56. The van der Waals surface area contributed by atoms with Crippen LogP contribution in [0.3, 0.4) is 0 Å². The second kappa shape index (κ2) is 14.5. The lowest BCUT2D eigenvalue weighted by molar-refractivity contribution is -0.126. The number of ether oxygens (including phenoxy) is 1. The SMILES string of the molecule is C=CC(=O)N1CCN(c2ncc(-c3ccc(OC)c(Nc4ncc(C(=O)Nc5c(C)cccc5Cl)s4)n3)cc2N(N)/C=C\N)C(C)C1. The van der Waals surface area contributed by atoms with Gasteiger partial charge in [-0.3, -0.25) is 14.6 Å². The van der Waals surface area contributed by atoms with Crippen LogP contribution in [0, 0.1) is 6.92 Å². The van der Waals surface area contributed by atoms with E-state index in [9.17, 15) is 9.59 Å². The zero-order chi connectivity index (χ0) is 33.7. The molecule has 3 aromatic heterocycles. The first-order valence-electron chi connectivity index (χ1n) is 14.6. The second-order valence-corrected chi connectivity index (χ2v) is 12.1. The highest BCUT2D eigenvalue weighted by atomic mass is 35.5. The van der Waals surface area contributed by atoms with Crippen LogP contribution in [0.2, 0.25) is 5.02 Å². The number of hydrazine groups is 1. The van der Waals surface area contributed by atoms with E-state index in [1.165, 1.54) is 36.8 Å². The molecule has 47 heavy (non-hydrogen) atoms. The lowest BCUT2D eigenvalue weighted by Crippen LogP contribution is -2.54. The van der Waals surface area contributed by atoms with Crippen LogP contribution >= 0.6 is 22.9 Å². The Kier molecular flexibility index (Phi) is 10.2. The molecular weight excluding hydrogens is 640 g/mol. The quantitative estimate of drug-likeness (QED) is 0.103. The number of nitrogens with one attached hydrogen (secondary N) is 2. The monoisotopic (exact) mass is 674 g/mol. The zero-order valence-corrected chi connectivity index (χ0v) is 27.7. The number of anilines is 5. The molecule has 4 aromatic rings. The van der Waals surface area contributed by atoms with Crippen LogP contribution in [0.25, 0.3) is 11.3 Å². The molecule has 1 atom stereocenters. The third-order valence-corrected chi connectivity index (χ3v) is 8.77. The van der Waals surface area contributed by atoms with Gasteiger partial charge in [0.25, 0.3) is 5.91 Å². The van der Waals surface area contributed by atoms with Crippen LogP contribution < -0.4 is 36.9 Å². The Balaban J connectivity index is 1.41. The highest BCUT2D eigenvalue weighted by Gasteiger charge is 2.29. The summed E-state index contributed by atoms with van der Waals surface area (Å²) in [5.74, 6) is 7.46. The van der Waals surface area contributed by atoms with Gasteiger partial charge in [0, 0.05) is 49.8 Å². The number of thiazole rings is 1. The van der Waals surface area contributed by atoms with Crippen LogP contribution in [0.1, 0.15) is 22.2 Å². The molecule has 6 N–H and O–H groups in total. The number of aromatic nitrogens is 3. The number of nitrogens with two attached hydrogens (primary N) is 2. The van der Waals surface area contributed by atoms with Crippen molar-refractivity contribution in [2.24, 2.45) is 11.6 Å². The number of nitrogens with zero attached hydrogens (tertiary/aromatic N) is 6. The lowest BCUT2D eigenvalue weighted by Gasteiger charge is -2.41. The highest BCUT2D eigenvalue weighted by Crippen LogP contribution is 2.36. The average molecular weight is 675 g/mol. The number of rotatable bonds is 10. The second-order valence-electron chi connectivity index (χ2n) is 10.6. The Hall–Kier alpha value is -5.18. The number of hydrogen-bond donors (Lipinski definition) is 4. The molecule has 1 saturated heterocycles. The van der Waals surface area contributed by atoms with Crippen molar-refractivity contribution in [2.45, 2.75) is 19.9 Å². The largest absolute Gasteiger partial charge is 0.493 e. The van der Waals surface area contributed by atoms with Crippen molar-refractivity contribution < 1.29 is 14.3 Å². The van der Waals surface area contributed by atoms with Crippen molar-refractivity contribution in [2.75, 3.05) is 47.3 Å². The van der Waals surface area contributed by atoms with E-state index in [1.807, 2.05) is 32.0 Å². The van der Waals surface area contributed by atoms with Gasteiger partial charge < -0.3 is 30.9 Å². The molecule has 13 nitrogen and oxygen atoms in total. The summed E-state index contributed by atoms with van der Waals surface area (Å²) in [6.45, 7) is 9.08. The maximum Gasteiger partial charge on any atom is 0.267 e. The fourth-order valence-corrected chi connectivity index (χ4v) is 6.12. The number of para-hydroxylation sites is 1. The van der Waals surface area contributed by atoms with Crippen LogP contribution in [0.5, 0.6) is 5.75 Å². The molecule has 5 rings (SSSR count). The maximum atomic E-state index is 13.0. The molecule has 1 aliphatic rings.